The van der Waals surface area contributed by atoms with Crippen molar-refractivity contribution in [1.82, 2.24) is 15.0 Å². The van der Waals surface area contributed by atoms with Crippen LogP contribution < -0.4 is 10.4 Å². The summed E-state index contributed by atoms with van der Waals surface area (Å²) >= 11 is 0. The number of benzene rings is 2. The molecule has 4 rings (SSSR count). The van der Waals surface area contributed by atoms with Crippen molar-refractivity contribution in [2.45, 2.75) is 13.2 Å². The van der Waals surface area contributed by atoms with Crippen LogP contribution in [0.2, 0.25) is 0 Å². The van der Waals surface area contributed by atoms with Crippen molar-refractivity contribution in [3.63, 3.8) is 0 Å². The van der Waals surface area contributed by atoms with E-state index in [0.717, 1.165) is 10.9 Å². The first kappa shape index (κ1) is 15.3. The van der Waals surface area contributed by atoms with Crippen molar-refractivity contribution < 1.29 is 14.3 Å². The SMILES string of the molecule is Cc1cc(=O)oc2cc(OCC(O)n3nc4ccccc4n3)ccc12. The molecule has 0 aliphatic rings. The zero-order valence-corrected chi connectivity index (χ0v) is 13.4. The third-order valence-corrected chi connectivity index (χ3v) is 3.89. The van der Waals surface area contributed by atoms with E-state index in [1.54, 1.807) is 12.1 Å². The highest BCUT2D eigenvalue weighted by Crippen LogP contribution is 2.22. The zero-order chi connectivity index (χ0) is 17.4. The number of aliphatic hydroxyl groups excluding tert-OH is 1. The van der Waals surface area contributed by atoms with Crippen LogP contribution in [-0.4, -0.2) is 26.7 Å². The van der Waals surface area contributed by atoms with Crippen molar-refractivity contribution in [3.05, 3.63) is 64.5 Å². The van der Waals surface area contributed by atoms with Gasteiger partial charge in [0.2, 0.25) is 6.23 Å². The molecule has 1 N–H and O–H groups in total. The predicted octanol–water partition coefficient (Wildman–Crippen LogP) is 2.42. The number of aryl methyl sites for hydroxylation is 1. The molecule has 25 heavy (non-hydrogen) atoms. The zero-order valence-electron chi connectivity index (χ0n) is 13.4. The molecule has 126 valence electrons. The van der Waals surface area contributed by atoms with Crippen LogP contribution in [0.25, 0.3) is 22.0 Å². The third kappa shape index (κ3) is 2.97. The molecule has 2 aromatic heterocycles. The first-order valence-electron chi connectivity index (χ1n) is 7.77. The summed E-state index contributed by atoms with van der Waals surface area (Å²) in [7, 11) is 0. The number of ether oxygens (including phenoxy) is 1. The lowest BCUT2D eigenvalue weighted by Gasteiger charge is -2.12. The molecule has 1 unspecified atom stereocenters. The summed E-state index contributed by atoms with van der Waals surface area (Å²) in [6, 6.07) is 14.0. The van der Waals surface area contributed by atoms with Crippen molar-refractivity contribution >= 4 is 22.0 Å². The average Bonchev–Trinajstić information content (AvgIpc) is 3.03. The van der Waals surface area contributed by atoms with Crippen molar-refractivity contribution in [1.29, 1.82) is 0 Å². The molecule has 0 aliphatic carbocycles. The Morgan fingerprint density at radius 1 is 1.16 bits per heavy atom. The molecule has 0 saturated carbocycles. The molecule has 2 aromatic carbocycles. The Hall–Kier alpha value is -3.19. The van der Waals surface area contributed by atoms with Crippen LogP contribution in [0.5, 0.6) is 5.75 Å². The summed E-state index contributed by atoms with van der Waals surface area (Å²) in [4.78, 5) is 12.7. The normalized spacial score (nSPS) is 12.6. The molecule has 0 bridgehead atoms. The maximum absolute atomic E-state index is 11.5. The summed E-state index contributed by atoms with van der Waals surface area (Å²) in [6.45, 7) is 1.81. The number of aliphatic hydroxyl groups is 1. The minimum atomic E-state index is -1.03. The van der Waals surface area contributed by atoms with Gasteiger partial charge in [0.1, 0.15) is 29.0 Å². The number of aromatic nitrogens is 3. The van der Waals surface area contributed by atoms with Gasteiger partial charge in [-0.3, -0.25) is 0 Å². The summed E-state index contributed by atoms with van der Waals surface area (Å²) in [6.07, 6.45) is -1.03. The lowest BCUT2D eigenvalue weighted by molar-refractivity contribution is 0.0286. The number of fused-ring (bicyclic) bond motifs is 2. The maximum Gasteiger partial charge on any atom is 0.336 e. The van der Waals surface area contributed by atoms with Crippen LogP contribution in [0, 0.1) is 6.92 Å². The molecule has 0 amide bonds. The van der Waals surface area contributed by atoms with E-state index in [1.165, 1.54) is 10.9 Å². The molecule has 0 aliphatic heterocycles. The van der Waals surface area contributed by atoms with Crippen LogP contribution in [-0.2, 0) is 0 Å². The van der Waals surface area contributed by atoms with Crippen LogP contribution >= 0.6 is 0 Å². The standard InChI is InChI=1S/C18H15N3O4/c1-11-8-18(23)25-16-9-12(6-7-13(11)16)24-10-17(22)21-19-14-4-2-3-5-15(14)20-21/h2-9,17,22H,10H2,1H3. The number of rotatable bonds is 4. The van der Waals surface area contributed by atoms with Crippen LogP contribution in [0.4, 0.5) is 0 Å². The van der Waals surface area contributed by atoms with Crippen LogP contribution in [0.1, 0.15) is 11.8 Å². The van der Waals surface area contributed by atoms with Gasteiger partial charge < -0.3 is 14.3 Å². The Bertz CT molecular complexity index is 1080. The molecule has 0 saturated heterocycles. The van der Waals surface area contributed by atoms with Crippen molar-refractivity contribution in [3.8, 4) is 5.75 Å². The Labute approximate surface area is 142 Å². The lowest BCUT2D eigenvalue weighted by atomic mass is 10.1. The highest BCUT2D eigenvalue weighted by Gasteiger charge is 2.12. The molecule has 1 atom stereocenters. The minimum absolute atomic E-state index is 0.0391. The van der Waals surface area contributed by atoms with E-state index in [-0.39, 0.29) is 6.61 Å². The van der Waals surface area contributed by atoms with Gasteiger partial charge in [-0.05, 0) is 36.8 Å². The van der Waals surface area contributed by atoms with Gasteiger partial charge in [-0.25, -0.2) is 4.79 Å². The highest BCUT2D eigenvalue weighted by molar-refractivity contribution is 5.81. The number of hydrogen-bond donors (Lipinski definition) is 1. The van der Waals surface area contributed by atoms with Crippen LogP contribution in [0.3, 0.4) is 0 Å². The molecular formula is C18H15N3O4. The van der Waals surface area contributed by atoms with E-state index in [0.29, 0.717) is 22.4 Å². The number of hydrogen-bond acceptors (Lipinski definition) is 6. The largest absolute Gasteiger partial charge is 0.489 e. The second kappa shape index (κ2) is 6.03. The maximum atomic E-state index is 11.5. The summed E-state index contributed by atoms with van der Waals surface area (Å²) in [5, 5.41) is 19.5. The fourth-order valence-electron chi connectivity index (χ4n) is 2.64. The Kier molecular flexibility index (Phi) is 3.70. The average molecular weight is 337 g/mol. The fraction of sp³-hybridized carbons (Fsp3) is 0.167. The van der Waals surface area contributed by atoms with Gasteiger partial charge >= 0.3 is 5.63 Å². The number of nitrogens with zero attached hydrogens (tertiary/aromatic N) is 3. The van der Waals surface area contributed by atoms with Gasteiger partial charge in [0.15, 0.2) is 0 Å². The van der Waals surface area contributed by atoms with E-state index >= 15 is 0 Å². The van der Waals surface area contributed by atoms with E-state index < -0.39 is 11.9 Å². The summed E-state index contributed by atoms with van der Waals surface area (Å²) in [5.41, 5.74) is 2.27. The molecule has 7 heteroatoms. The van der Waals surface area contributed by atoms with E-state index in [2.05, 4.69) is 10.2 Å². The van der Waals surface area contributed by atoms with Gasteiger partial charge in [0.25, 0.3) is 0 Å². The first-order chi connectivity index (χ1) is 12.1. The third-order valence-electron chi connectivity index (χ3n) is 3.89. The molecule has 4 aromatic rings. The predicted molar refractivity (Wildman–Crippen MR) is 91.5 cm³/mol. The van der Waals surface area contributed by atoms with Crippen LogP contribution in [0.15, 0.2) is 57.7 Å². The Morgan fingerprint density at radius 3 is 2.60 bits per heavy atom. The second-order valence-corrected chi connectivity index (χ2v) is 5.71. The van der Waals surface area contributed by atoms with Crippen molar-refractivity contribution in [2.24, 2.45) is 0 Å². The monoisotopic (exact) mass is 337 g/mol. The minimum Gasteiger partial charge on any atom is -0.489 e. The van der Waals surface area contributed by atoms with E-state index in [1.807, 2.05) is 37.3 Å². The van der Waals surface area contributed by atoms with Gasteiger partial charge in [-0.1, -0.05) is 12.1 Å². The lowest BCUT2D eigenvalue weighted by Crippen LogP contribution is -2.19. The Balaban J connectivity index is 1.54. The molecule has 2 heterocycles. The molecule has 0 spiro atoms. The van der Waals surface area contributed by atoms with Gasteiger partial charge in [-0.2, -0.15) is 15.0 Å². The topological polar surface area (TPSA) is 90.4 Å². The van der Waals surface area contributed by atoms with Gasteiger partial charge in [0.05, 0.1) is 0 Å². The highest BCUT2D eigenvalue weighted by atomic mass is 16.5. The first-order valence-corrected chi connectivity index (χ1v) is 7.77. The molecule has 0 fully saturated rings. The van der Waals surface area contributed by atoms with E-state index in [4.69, 9.17) is 9.15 Å². The Morgan fingerprint density at radius 2 is 1.88 bits per heavy atom. The smallest absolute Gasteiger partial charge is 0.336 e. The summed E-state index contributed by atoms with van der Waals surface area (Å²) < 4.78 is 10.8. The van der Waals surface area contributed by atoms with E-state index in [9.17, 15) is 9.90 Å². The summed E-state index contributed by atoms with van der Waals surface area (Å²) in [5.74, 6) is 0.483. The molecule has 7 nitrogen and oxygen atoms in total. The fourth-order valence-corrected chi connectivity index (χ4v) is 2.64. The quantitative estimate of drug-likeness (QED) is 0.575. The molecular weight excluding hydrogens is 322 g/mol. The van der Waals surface area contributed by atoms with Gasteiger partial charge in [-0.15, -0.1) is 0 Å². The second-order valence-electron chi connectivity index (χ2n) is 5.71. The molecule has 0 radical (unpaired) electrons. The van der Waals surface area contributed by atoms with Crippen molar-refractivity contribution in [2.75, 3.05) is 6.61 Å². The van der Waals surface area contributed by atoms with Gasteiger partial charge in [0, 0.05) is 17.5 Å².